The maximum atomic E-state index is 12.6. The Morgan fingerprint density at radius 3 is 2.64 bits per heavy atom. The van der Waals surface area contributed by atoms with Gasteiger partial charge in [-0.3, -0.25) is 9.59 Å². The lowest BCUT2D eigenvalue weighted by Crippen LogP contribution is -2.47. The van der Waals surface area contributed by atoms with Crippen LogP contribution in [0.4, 0.5) is 0 Å². The van der Waals surface area contributed by atoms with Gasteiger partial charge in [-0.25, -0.2) is 0 Å². The molecule has 7 heteroatoms. The van der Waals surface area contributed by atoms with Crippen molar-refractivity contribution in [2.45, 2.75) is 58.2 Å². The molecule has 3 N–H and O–H groups in total. The molecule has 1 saturated heterocycles. The Labute approximate surface area is 130 Å². The SMILES string of the molecule is CC(C)NC(=O)[C@@H]1C[C@H](N)CN1C(=O)c1cc(C(C)C)no1. The summed E-state index contributed by atoms with van der Waals surface area (Å²) in [6.07, 6.45) is 0.454. The molecule has 0 spiro atoms. The first-order chi connectivity index (χ1) is 10.3. The maximum absolute atomic E-state index is 12.6. The van der Waals surface area contributed by atoms with Gasteiger partial charge in [-0.15, -0.1) is 0 Å². The number of carbonyl (C=O) groups excluding carboxylic acids is 2. The third-order valence-corrected chi connectivity index (χ3v) is 3.66. The maximum Gasteiger partial charge on any atom is 0.293 e. The zero-order chi connectivity index (χ0) is 16.4. The van der Waals surface area contributed by atoms with Crippen LogP contribution in [0.5, 0.6) is 0 Å². The van der Waals surface area contributed by atoms with Crippen LogP contribution in [0.1, 0.15) is 56.3 Å². The first kappa shape index (κ1) is 16.5. The van der Waals surface area contributed by atoms with Gasteiger partial charge in [0.25, 0.3) is 5.91 Å². The van der Waals surface area contributed by atoms with E-state index in [1.54, 1.807) is 6.07 Å². The van der Waals surface area contributed by atoms with E-state index in [-0.39, 0.29) is 35.6 Å². The molecule has 1 aliphatic heterocycles. The fourth-order valence-electron chi connectivity index (χ4n) is 2.53. The van der Waals surface area contributed by atoms with Crippen molar-refractivity contribution in [3.05, 3.63) is 17.5 Å². The predicted molar refractivity (Wildman–Crippen MR) is 81.3 cm³/mol. The topological polar surface area (TPSA) is 101 Å². The number of likely N-dealkylation sites (tertiary alicyclic amines) is 1. The van der Waals surface area contributed by atoms with Crippen molar-refractivity contribution < 1.29 is 14.1 Å². The minimum absolute atomic E-state index is 0.0131. The van der Waals surface area contributed by atoms with Crippen molar-refractivity contribution >= 4 is 11.8 Å². The summed E-state index contributed by atoms with van der Waals surface area (Å²) >= 11 is 0. The Balaban J connectivity index is 2.16. The minimum atomic E-state index is -0.558. The summed E-state index contributed by atoms with van der Waals surface area (Å²) in [5, 5.41) is 6.72. The average molecular weight is 308 g/mol. The van der Waals surface area contributed by atoms with Gasteiger partial charge in [0.05, 0.1) is 5.69 Å². The lowest BCUT2D eigenvalue weighted by molar-refractivity contribution is -0.125. The van der Waals surface area contributed by atoms with E-state index in [9.17, 15) is 9.59 Å². The van der Waals surface area contributed by atoms with Crippen LogP contribution in [-0.2, 0) is 4.79 Å². The van der Waals surface area contributed by atoms with Crippen molar-refractivity contribution in [3.8, 4) is 0 Å². The summed E-state index contributed by atoms with van der Waals surface area (Å²) in [5.41, 5.74) is 6.65. The number of amides is 2. The van der Waals surface area contributed by atoms with Crippen molar-refractivity contribution in [2.75, 3.05) is 6.54 Å². The van der Waals surface area contributed by atoms with Crippen molar-refractivity contribution in [1.82, 2.24) is 15.4 Å². The summed E-state index contributed by atoms with van der Waals surface area (Å²) in [6, 6.07) is 0.879. The van der Waals surface area contributed by atoms with Crippen LogP contribution < -0.4 is 11.1 Å². The van der Waals surface area contributed by atoms with Gasteiger partial charge in [0, 0.05) is 24.7 Å². The Morgan fingerprint density at radius 2 is 2.09 bits per heavy atom. The normalized spacial score (nSPS) is 21.7. The van der Waals surface area contributed by atoms with E-state index in [1.165, 1.54) is 4.90 Å². The summed E-state index contributed by atoms with van der Waals surface area (Å²) in [6.45, 7) is 8.04. The first-order valence-electron chi connectivity index (χ1n) is 7.63. The molecule has 0 radical (unpaired) electrons. The van der Waals surface area contributed by atoms with Crippen LogP contribution in [0.15, 0.2) is 10.6 Å². The number of nitrogens with one attached hydrogen (secondary N) is 1. The molecule has 2 heterocycles. The quantitative estimate of drug-likeness (QED) is 0.859. The second-order valence-electron chi connectivity index (χ2n) is 6.40. The molecule has 122 valence electrons. The van der Waals surface area contributed by atoms with Crippen LogP contribution in [0.3, 0.4) is 0 Å². The summed E-state index contributed by atoms with van der Waals surface area (Å²) in [7, 11) is 0. The Morgan fingerprint density at radius 1 is 1.41 bits per heavy atom. The highest BCUT2D eigenvalue weighted by atomic mass is 16.5. The van der Waals surface area contributed by atoms with Gasteiger partial charge < -0.3 is 20.5 Å². The third-order valence-electron chi connectivity index (χ3n) is 3.66. The second-order valence-corrected chi connectivity index (χ2v) is 6.40. The van der Waals surface area contributed by atoms with Gasteiger partial charge >= 0.3 is 0 Å². The zero-order valence-corrected chi connectivity index (χ0v) is 13.5. The largest absolute Gasteiger partial charge is 0.352 e. The van der Waals surface area contributed by atoms with E-state index in [0.717, 1.165) is 5.69 Å². The Bertz CT molecular complexity index is 553. The van der Waals surface area contributed by atoms with Crippen molar-refractivity contribution in [2.24, 2.45) is 5.73 Å². The molecule has 0 aromatic carbocycles. The molecule has 2 atom stereocenters. The zero-order valence-electron chi connectivity index (χ0n) is 13.5. The molecule has 1 aromatic rings. The highest BCUT2D eigenvalue weighted by Crippen LogP contribution is 2.22. The van der Waals surface area contributed by atoms with Crippen LogP contribution in [-0.4, -0.2) is 46.5 Å². The van der Waals surface area contributed by atoms with E-state index in [1.807, 2.05) is 27.7 Å². The van der Waals surface area contributed by atoms with Gasteiger partial charge in [0.1, 0.15) is 6.04 Å². The van der Waals surface area contributed by atoms with Gasteiger partial charge in [0.2, 0.25) is 11.7 Å². The fourth-order valence-corrected chi connectivity index (χ4v) is 2.53. The smallest absolute Gasteiger partial charge is 0.293 e. The molecule has 1 aromatic heterocycles. The number of hydrogen-bond acceptors (Lipinski definition) is 5. The number of nitrogens with zero attached hydrogens (tertiary/aromatic N) is 2. The van der Waals surface area contributed by atoms with Crippen molar-refractivity contribution in [1.29, 1.82) is 0 Å². The summed E-state index contributed by atoms with van der Waals surface area (Å²) in [4.78, 5) is 26.3. The van der Waals surface area contributed by atoms with Gasteiger partial charge in [-0.1, -0.05) is 19.0 Å². The Hall–Kier alpha value is -1.89. The minimum Gasteiger partial charge on any atom is -0.352 e. The van der Waals surface area contributed by atoms with Gasteiger partial charge in [-0.2, -0.15) is 0 Å². The second kappa shape index (κ2) is 6.48. The van der Waals surface area contributed by atoms with Crippen LogP contribution >= 0.6 is 0 Å². The molecule has 0 aliphatic carbocycles. The number of aromatic nitrogens is 1. The molecule has 2 amide bonds. The van der Waals surface area contributed by atoms with Crippen LogP contribution in [0, 0.1) is 0 Å². The van der Waals surface area contributed by atoms with Gasteiger partial charge in [0.15, 0.2) is 0 Å². The lowest BCUT2D eigenvalue weighted by Gasteiger charge is -2.23. The fraction of sp³-hybridized carbons (Fsp3) is 0.667. The first-order valence-corrected chi connectivity index (χ1v) is 7.63. The molecule has 0 bridgehead atoms. The molecule has 1 aliphatic rings. The van der Waals surface area contributed by atoms with E-state index in [4.69, 9.17) is 10.3 Å². The molecule has 1 fully saturated rings. The molecule has 0 saturated carbocycles. The molecular weight excluding hydrogens is 284 g/mol. The highest BCUT2D eigenvalue weighted by molar-refractivity contribution is 5.96. The number of rotatable bonds is 4. The summed E-state index contributed by atoms with van der Waals surface area (Å²) in [5.74, 6) is -0.192. The highest BCUT2D eigenvalue weighted by Gasteiger charge is 2.39. The molecule has 7 nitrogen and oxygen atoms in total. The van der Waals surface area contributed by atoms with E-state index >= 15 is 0 Å². The lowest BCUT2D eigenvalue weighted by atomic mass is 10.1. The predicted octanol–water partition coefficient (Wildman–Crippen LogP) is 0.864. The molecule has 22 heavy (non-hydrogen) atoms. The van der Waals surface area contributed by atoms with E-state index in [0.29, 0.717) is 13.0 Å². The average Bonchev–Trinajstić information content (AvgIpc) is 3.03. The van der Waals surface area contributed by atoms with E-state index < -0.39 is 6.04 Å². The number of carbonyl (C=O) groups is 2. The number of hydrogen-bond donors (Lipinski definition) is 2. The molecular formula is C15H24N4O3. The standard InChI is InChI=1S/C15H24N4O3/c1-8(2)11-6-13(22-18-11)15(21)19-7-10(16)5-12(19)14(20)17-9(3)4/h6,8-10,12H,5,7,16H2,1-4H3,(H,17,20)/t10-,12-/m0/s1. The monoisotopic (exact) mass is 308 g/mol. The Kier molecular flexibility index (Phi) is 4.85. The molecule has 0 unspecified atom stereocenters. The van der Waals surface area contributed by atoms with Crippen LogP contribution in [0.2, 0.25) is 0 Å². The third kappa shape index (κ3) is 3.47. The van der Waals surface area contributed by atoms with Crippen LogP contribution in [0.25, 0.3) is 0 Å². The van der Waals surface area contributed by atoms with Crippen molar-refractivity contribution in [3.63, 3.8) is 0 Å². The van der Waals surface area contributed by atoms with E-state index in [2.05, 4.69) is 10.5 Å². The number of nitrogens with two attached hydrogens (primary N) is 1. The molecule has 2 rings (SSSR count). The summed E-state index contributed by atoms with van der Waals surface area (Å²) < 4.78 is 5.13. The van der Waals surface area contributed by atoms with Gasteiger partial charge in [-0.05, 0) is 26.2 Å².